The second-order valence-electron chi connectivity index (χ2n) is 7.21. The van der Waals surface area contributed by atoms with Gasteiger partial charge in [-0.2, -0.15) is 0 Å². The number of para-hydroxylation sites is 2. The first kappa shape index (κ1) is 19.5. The number of fused-ring (bicyclic) bond motifs is 1. The van der Waals surface area contributed by atoms with Gasteiger partial charge in [-0.1, -0.05) is 44.2 Å². The molecule has 0 aliphatic rings. The maximum absolute atomic E-state index is 12.6. The van der Waals surface area contributed by atoms with Crippen molar-refractivity contribution < 1.29 is 9.69 Å². The lowest BCUT2D eigenvalue weighted by atomic mass is 9.97. The number of hydrogen-bond donors (Lipinski definition) is 2. The van der Waals surface area contributed by atoms with Crippen molar-refractivity contribution in [1.29, 1.82) is 0 Å². The van der Waals surface area contributed by atoms with Crippen LogP contribution in [0.5, 0.6) is 0 Å². The van der Waals surface area contributed by atoms with Crippen molar-refractivity contribution in [3.8, 4) is 0 Å². The molecule has 2 N–H and O–H groups in total. The zero-order chi connectivity index (χ0) is 19.4. The van der Waals surface area contributed by atoms with Crippen LogP contribution in [0.4, 0.5) is 5.69 Å². The van der Waals surface area contributed by atoms with Crippen molar-refractivity contribution in [3.05, 3.63) is 59.1 Å². The number of thiazole rings is 1. The highest BCUT2D eigenvalue weighted by Crippen LogP contribution is 2.27. The number of benzene rings is 2. The number of carbonyl (C=O) groups is 1. The zero-order valence-electron chi connectivity index (χ0n) is 16.5. The number of carbonyl (C=O) groups excluding carboxylic acids is 1. The Hall–Kier alpha value is -2.24. The zero-order valence-corrected chi connectivity index (χ0v) is 17.3. The fourth-order valence-corrected chi connectivity index (χ4v) is 4.26. The molecule has 4 nitrogen and oxygen atoms in total. The van der Waals surface area contributed by atoms with Gasteiger partial charge in [-0.15, -0.1) is 11.3 Å². The summed E-state index contributed by atoms with van der Waals surface area (Å²) in [6, 6.07) is 16.4. The van der Waals surface area contributed by atoms with E-state index in [-0.39, 0.29) is 11.9 Å². The van der Waals surface area contributed by atoms with Gasteiger partial charge in [-0.3, -0.25) is 4.79 Å². The quantitative estimate of drug-likeness (QED) is 0.648. The summed E-state index contributed by atoms with van der Waals surface area (Å²) in [4.78, 5) is 18.5. The highest BCUT2D eigenvalue weighted by molar-refractivity contribution is 7.18. The largest absolute Gasteiger partial charge is 0.322 e. The Morgan fingerprint density at radius 2 is 1.85 bits per heavy atom. The van der Waals surface area contributed by atoms with Crippen LogP contribution in [0.25, 0.3) is 10.2 Å². The van der Waals surface area contributed by atoms with Gasteiger partial charge in [0.2, 0.25) is 0 Å². The Balaban J connectivity index is 1.67. The fraction of sp³-hybridized carbons (Fsp3) is 0.364. The molecule has 0 bridgehead atoms. The molecule has 1 heterocycles. The van der Waals surface area contributed by atoms with Crippen LogP contribution in [0.2, 0.25) is 0 Å². The average molecular weight is 383 g/mol. The second kappa shape index (κ2) is 8.63. The van der Waals surface area contributed by atoms with Gasteiger partial charge in [0, 0.05) is 5.69 Å². The molecule has 0 fully saturated rings. The van der Waals surface area contributed by atoms with Crippen LogP contribution in [0.15, 0.2) is 48.5 Å². The predicted molar refractivity (Wildman–Crippen MR) is 114 cm³/mol. The van der Waals surface area contributed by atoms with Gasteiger partial charge < -0.3 is 10.2 Å². The maximum atomic E-state index is 12.6. The third-order valence-electron chi connectivity index (χ3n) is 5.24. The molecule has 0 saturated heterocycles. The molecule has 3 aromatic rings. The summed E-state index contributed by atoms with van der Waals surface area (Å²) in [7, 11) is 2.05. The van der Waals surface area contributed by atoms with Gasteiger partial charge in [-0.05, 0) is 43.0 Å². The SMILES string of the molecule is CC[C@@H](C)c1ccccc1NC(=O)C[NH+](C)[C@@H](C)c1nc2ccccc2s1. The monoisotopic (exact) mass is 382 g/mol. The van der Waals surface area contributed by atoms with Crippen LogP contribution in [0.3, 0.4) is 0 Å². The van der Waals surface area contributed by atoms with Crippen molar-refractivity contribution >= 4 is 33.1 Å². The molecule has 0 radical (unpaired) electrons. The van der Waals surface area contributed by atoms with Crippen molar-refractivity contribution in [2.24, 2.45) is 0 Å². The van der Waals surface area contributed by atoms with E-state index in [1.165, 1.54) is 10.3 Å². The van der Waals surface area contributed by atoms with Crippen LogP contribution in [0.1, 0.15) is 49.7 Å². The third-order valence-corrected chi connectivity index (χ3v) is 6.46. The maximum Gasteiger partial charge on any atom is 0.279 e. The molecule has 1 amide bonds. The van der Waals surface area contributed by atoms with Gasteiger partial charge in [0.15, 0.2) is 11.6 Å². The molecule has 142 valence electrons. The second-order valence-corrected chi connectivity index (χ2v) is 8.27. The predicted octanol–water partition coefficient (Wildman–Crippen LogP) is 4.02. The average Bonchev–Trinajstić information content (AvgIpc) is 3.11. The Kier molecular flexibility index (Phi) is 6.24. The van der Waals surface area contributed by atoms with E-state index in [9.17, 15) is 4.79 Å². The molecule has 27 heavy (non-hydrogen) atoms. The summed E-state index contributed by atoms with van der Waals surface area (Å²) >= 11 is 1.71. The molecular weight excluding hydrogens is 354 g/mol. The van der Waals surface area contributed by atoms with E-state index in [1.807, 2.05) is 36.4 Å². The van der Waals surface area contributed by atoms with E-state index in [2.05, 4.69) is 45.3 Å². The standard InChI is InChI=1S/C22H27N3OS/c1-5-15(2)17-10-6-7-11-18(17)23-21(26)14-25(4)16(3)22-24-19-12-8-9-13-20(19)27-22/h6-13,15-16H,5,14H2,1-4H3,(H,23,26)/p+1/t15-,16+/m1/s1. The number of anilines is 1. The summed E-state index contributed by atoms with van der Waals surface area (Å²) < 4.78 is 1.19. The molecule has 1 aromatic heterocycles. The molecule has 5 heteroatoms. The molecule has 1 unspecified atom stereocenters. The summed E-state index contributed by atoms with van der Waals surface area (Å²) in [5.74, 6) is 0.462. The van der Waals surface area contributed by atoms with E-state index >= 15 is 0 Å². The highest BCUT2D eigenvalue weighted by Gasteiger charge is 2.22. The number of nitrogens with zero attached hydrogens (tertiary/aromatic N) is 1. The molecule has 2 aromatic carbocycles. The number of nitrogens with one attached hydrogen (secondary N) is 2. The van der Waals surface area contributed by atoms with E-state index in [0.29, 0.717) is 12.5 Å². The van der Waals surface area contributed by atoms with Crippen molar-refractivity contribution in [1.82, 2.24) is 4.98 Å². The fourth-order valence-electron chi connectivity index (χ4n) is 3.15. The third kappa shape index (κ3) is 4.54. The number of amides is 1. The minimum atomic E-state index is 0.0382. The van der Waals surface area contributed by atoms with E-state index in [1.54, 1.807) is 11.3 Å². The van der Waals surface area contributed by atoms with Crippen LogP contribution < -0.4 is 10.2 Å². The Bertz CT molecular complexity index is 888. The minimum absolute atomic E-state index is 0.0382. The summed E-state index contributed by atoms with van der Waals surface area (Å²) in [6.45, 7) is 6.90. The molecule has 3 rings (SSSR count). The molecule has 3 atom stereocenters. The van der Waals surface area contributed by atoms with Crippen LogP contribution in [0, 0.1) is 0 Å². The van der Waals surface area contributed by atoms with Gasteiger partial charge in [0.25, 0.3) is 5.91 Å². The Morgan fingerprint density at radius 1 is 1.15 bits per heavy atom. The van der Waals surface area contributed by atoms with Crippen molar-refractivity contribution in [2.75, 3.05) is 18.9 Å². The normalized spacial score (nSPS) is 14.7. The molecule has 0 saturated carbocycles. The van der Waals surface area contributed by atoms with Crippen molar-refractivity contribution in [2.45, 2.75) is 39.2 Å². The Morgan fingerprint density at radius 3 is 2.59 bits per heavy atom. The highest BCUT2D eigenvalue weighted by atomic mass is 32.1. The first-order valence-electron chi connectivity index (χ1n) is 9.56. The van der Waals surface area contributed by atoms with E-state index < -0.39 is 0 Å². The van der Waals surface area contributed by atoms with Crippen LogP contribution >= 0.6 is 11.3 Å². The first-order chi connectivity index (χ1) is 13.0. The summed E-state index contributed by atoms with van der Waals surface area (Å²) in [6.07, 6.45) is 1.05. The smallest absolute Gasteiger partial charge is 0.279 e. The number of rotatable bonds is 7. The minimum Gasteiger partial charge on any atom is -0.322 e. The van der Waals surface area contributed by atoms with Crippen LogP contribution in [-0.4, -0.2) is 24.5 Å². The van der Waals surface area contributed by atoms with Gasteiger partial charge in [0.05, 0.1) is 17.3 Å². The lowest BCUT2D eigenvalue weighted by molar-refractivity contribution is -0.902. The summed E-state index contributed by atoms with van der Waals surface area (Å²) in [5.41, 5.74) is 3.16. The number of aromatic nitrogens is 1. The topological polar surface area (TPSA) is 46.4 Å². The molecule has 0 spiro atoms. The van der Waals surface area contributed by atoms with Gasteiger partial charge >= 0.3 is 0 Å². The van der Waals surface area contributed by atoms with Crippen LogP contribution in [-0.2, 0) is 4.79 Å². The molecular formula is C22H28N3OS+. The number of quaternary nitrogens is 1. The number of hydrogen-bond acceptors (Lipinski definition) is 3. The number of likely N-dealkylation sites (N-methyl/N-ethyl adjacent to an activating group) is 1. The van der Waals surface area contributed by atoms with E-state index in [0.717, 1.165) is 27.5 Å². The Labute approximate surface area is 165 Å². The van der Waals surface area contributed by atoms with Gasteiger partial charge in [-0.25, -0.2) is 4.98 Å². The summed E-state index contributed by atoms with van der Waals surface area (Å²) in [5, 5.41) is 4.18. The van der Waals surface area contributed by atoms with Crippen molar-refractivity contribution in [3.63, 3.8) is 0 Å². The lowest BCUT2D eigenvalue weighted by Crippen LogP contribution is -3.10. The van der Waals surface area contributed by atoms with E-state index in [4.69, 9.17) is 4.98 Å². The molecule has 0 aliphatic carbocycles. The lowest BCUT2D eigenvalue weighted by Gasteiger charge is -2.20. The first-order valence-corrected chi connectivity index (χ1v) is 10.4. The molecule has 0 aliphatic heterocycles. The van der Waals surface area contributed by atoms with Gasteiger partial charge in [0.1, 0.15) is 6.04 Å².